The minimum atomic E-state index is -1.50. The van der Waals surface area contributed by atoms with Crippen molar-refractivity contribution >= 4 is 5.97 Å². The fraction of sp³-hybridized carbons (Fsp3) is 0.269. The number of esters is 1. The molecule has 0 aliphatic carbocycles. The normalized spacial score (nSPS) is 13.8. The third kappa shape index (κ3) is 4.71. The third-order valence-corrected chi connectivity index (χ3v) is 5.24. The molecule has 4 heteroatoms. The molecule has 0 bridgehead atoms. The van der Waals surface area contributed by atoms with Gasteiger partial charge >= 0.3 is 5.97 Å². The van der Waals surface area contributed by atoms with Crippen LogP contribution >= 0.6 is 0 Å². The van der Waals surface area contributed by atoms with Crippen molar-refractivity contribution in [1.82, 2.24) is 0 Å². The van der Waals surface area contributed by atoms with Crippen LogP contribution in [0.15, 0.2) is 84.9 Å². The summed E-state index contributed by atoms with van der Waals surface area (Å²) in [5.74, 6) is -0.436. The lowest BCUT2D eigenvalue weighted by molar-refractivity contribution is -0.156. The highest BCUT2D eigenvalue weighted by molar-refractivity contribution is 5.75. The standard InChI is InChI=1S/C26H28O4/c1-3-24(25(27)29-4-2)26(28,21-13-9-6-10-14-21)22-15-17-23(18-16-22)30-19-20-11-7-5-8-12-20/h5-18,24,28H,3-4,19H2,1-2H3. The fourth-order valence-electron chi connectivity index (χ4n) is 3.68. The first-order valence-corrected chi connectivity index (χ1v) is 10.3. The van der Waals surface area contributed by atoms with Crippen LogP contribution in [-0.2, 0) is 21.7 Å². The van der Waals surface area contributed by atoms with Crippen molar-refractivity contribution in [2.24, 2.45) is 5.92 Å². The van der Waals surface area contributed by atoms with Gasteiger partial charge in [-0.2, -0.15) is 0 Å². The molecular weight excluding hydrogens is 376 g/mol. The Morgan fingerprint density at radius 3 is 2.00 bits per heavy atom. The van der Waals surface area contributed by atoms with E-state index in [-0.39, 0.29) is 6.61 Å². The molecule has 1 N–H and O–H groups in total. The molecule has 0 spiro atoms. The van der Waals surface area contributed by atoms with E-state index in [0.29, 0.717) is 29.9 Å². The number of hydrogen-bond donors (Lipinski definition) is 1. The van der Waals surface area contributed by atoms with Crippen LogP contribution in [0.3, 0.4) is 0 Å². The maximum atomic E-state index is 12.7. The number of aliphatic hydroxyl groups is 1. The number of benzene rings is 3. The van der Waals surface area contributed by atoms with Crippen LogP contribution in [0, 0.1) is 5.92 Å². The van der Waals surface area contributed by atoms with E-state index in [4.69, 9.17) is 9.47 Å². The van der Waals surface area contributed by atoms with Crippen molar-refractivity contribution in [3.05, 3.63) is 102 Å². The molecule has 3 aromatic rings. The van der Waals surface area contributed by atoms with E-state index in [2.05, 4.69) is 0 Å². The SMILES string of the molecule is CCOC(=O)C(CC)C(O)(c1ccccc1)c1ccc(OCc2ccccc2)cc1. The molecule has 0 saturated carbocycles. The second-order valence-electron chi connectivity index (χ2n) is 7.14. The Morgan fingerprint density at radius 1 is 0.867 bits per heavy atom. The summed E-state index contributed by atoms with van der Waals surface area (Å²) in [6.07, 6.45) is 0.441. The molecule has 0 heterocycles. The lowest BCUT2D eigenvalue weighted by atomic mass is 9.75. The molecule has 0 amide bonds. The average Bonchev–Trinajstić information content (AvgIpc) is 2.80. The molecule has 30 heavy (non-hydrogen) atoms. The average molecular weight is 405 g/mol. The van der Waals surface area contributed by atoms with Crippen molar-refractivity contribution in [3.63, 3.8) is 0 Å². The highest BCUT2D eigenvalue weighted by Crippen LogP contribution is 2.40. The Hall–Kier alpha value is -3.11. The molecular formula is C26H28O4. The van der Waals surface area contributed by atoms with Gasteiger partial charge in [0.1, 0.15) is 18.0 Å². The van der Waals surface area contributed by atoms with Crippen LogP contribution < -0.4 is 4.74 Å². The molecule has 3 rings (SSSR count). The molecule has 0 saturated heterocycles. The number of rotatable bonds is 9. The zero-order chi connectivity index (χ0) is 21.4. The predicted molar refractivity (Wildman–Crippen MR) is 117 cm³/mol. The van der Waals surface area contributed by atoms with Gasteiger partial charge in [-0.05, 0) is 42.2 Å². The smallest absolute Gasteiger partial charge is 0.312 e. The van der Waals surface area contributed by atoms with Crippen molar-refractivity contribution in [2.45, 2.75) is 32.5 Å². The quantitative estimate of drug-likeness (QED) is 0.505. The van der Waals surface area contributed by atoms with E-state index in [1.54, 1.807) is 6.92 Å². The van der Waals surface area contributed by atoms with Gasteiger partial charge in [0, 0.05) is 0 Å². The number of ether oxygens (including phenoxy) is 2. The number of carbonyl (C=O) groups is 1. The summed E-state index contributed by atoms with van der Waals surface area (Å²) in [7, 11) is 0. The van der Waals surface area contributed by atoms with Crippen LogP contribution in [0.5, 0.6) is 5.75 Å². The predicted octanol–water partition coefficient (Wildman–Crippen LogP) is 5.09. The topological polar surface area (TPSA) is 55.8 Å². The first-order valence-electron chi connectivity index (χ1n) is 10.3. The summed E-state index contributed by atoms with van der Waals surface area (Å²) in [5.41, 5.74) is 0.861. The first-order chi connectivity index (χ1) is 14.6. The summed E-state index contributed by atoms with van der Waals surface area (Å²) in [6, 6.07) is 26.5. The first kappa shape index (κ1) is 21.6. The zero-order valence-electron chi connectivity index (χ0n) is 17.5. The van der Waals surface area contributed by atoms with Gasteiger partial charge in [-0.1, -0.05) is 79.7 Å². The highest BCUT2D eigenvalue weighted by Gasteiger charge is 2.44. The fourth-order valence-corrected chi connectivity index (χ4v) is 3.68. The molecule has 0 aliphatic heterocycles. The van der Waals surface area contributed by atoms with Gasteiger partial charge < -0.3 is 14.6 Å². The Kier molecular flexibility index (Phi) is 7.26. The molecule has 0 radical (unpaired) electrons. The van der Waals surface area contributed by atoms with Crippen LogP contribution in [0.2, 0.25) is 0 Å². The molecule has 156 valence electrons. The third-order valence-electron chi connectivity index (χ3n) is 5.24. The second-order valence-corrected chi connectivity index (χ2v) is 7.14. The Labute approximate surface area is 178 Å². The molecule has 0 aromatic heterocycles. The number of carbonyl (C=O) groups excluding carboxylic acids is 1. The van der Waals surface area contributed by atoms with Gasteiger partial charge in [-0.3, -0.25) is 4.79 Å². The Bertz CT molecular complexity index is 922. The molecule has 3 aromatic carbocycles. The van der Waals surface area contributed by atoms with E-state index in [1.807, 2.05) is 91.9 Å². The van der Waals surface area contributed by atoms with Crippen molar-refractivity contribution in [1.29, 1.82) is 0 Å². The van der Waals surface area contributed by atoms with Gasteiger partial charge in [-0.25, -0.2) is 0 Å². The van der Waals surface area contributed by atoms with Gasteiger partial charge in [0.05, 0.1) is 12.5 Å². The minimum absolute atomic E-state index is 0.270. The van der Waals surface area contributed by atoms with Crippen LogP contribution in [-0.4, -0.2) is 17.7 Å². The Morgan fingerprint density at radius 2 is 1.43 bits per heavy atom. The van der Waals surface area contributed by atoms with Crippen molar-refractivity contribution < 1.29 is 19.4 Å². The molecule has 0 fully saturated rings. The van der Waals surface area contributed by atoms with Gasteiger partial charge in [0.25, 0.3) is 0 Å². The number of hydrogen-bond acceptors (Lipinski definition) is 4. The summed E-state index contributed by atoms with van der Waals surface area (Å²) >= 11 is 0. The Balaban J connectivity index is 1.91. The maximum absolute atomic E-state index is 12.7. The highest BCUT2D eigenvalue weighted by atomic mass is 16.5. The van der Waals surface area contributed by atoms with Gasteiger partial charge in [0.15, 0.2) is 0 Å². The molecule has 2 atom stereocenters. The summed E-state index contributed by atoms with van der Waals surface area (Å²) in [6.45, 7) is 4.38. The van der Waals surface area contributed by atoms with E-state index in [0.717, 1.165) is 5.56 Å². The van der Waals surface area contributed by atoms with Crippen LogP contribution in [0.4, 0.5) is 0 Å². The van der Waals surface area contributed by atoms with Gasteiger partial charge in [-0.15, -0.1) is 0 Å². The lowest BCUT2D eigenvalue weighted by Gasteiger charge is -2.35. The van der Waals surface area contributed by atoms with Gasteiger partial charge in [0.2, 0.25) is 0 Å². The summed E-state index contributed by atoms with van der Waals surface area (Å²) < 4.78 is 11.1. The zero-order valence-corrected chi connectivity index (χ0v) is 17.5. The molecule has 0 aliphatic rings. The lowest BCUT2D eigenvalue weighted by Crippen LogP contribution is -2.41. The van der Waals surface area contributed by atoms with E-state index >= 15 is 0 Å². The summed E-state index contributed by atoms with van der Waals surface area (Å²) in [4.78, 5) is 12.7. The van der Waals surface area contributed by atoms with Crippen LogP contribution in [0.25, 0.3) is 0 Å². The van der Waals surface area contributed by atoms with Crippen LogP contribution in [0.1, 0.15) is 37.0 Å². The van der Waals surface area contributed by atoms with E-state index in [9.17, 15) is 9.90 Å². The molecule has 4 nitrogen and oxygen atoms in total. The van der Waals surface area contributed by atoms with Crippen molar-refractivity contribution in [2.75, 3.05) is 6.61 Å². The maximum Gasteiger partial charge on any atom is 0.312 e. The largest absolute Gasteiger partial charge is 0.489 e. The van der Waals surface area contributed by atoms with E-state index in [1.165, 1.54) is 0 Å². The summed E-state index contributed by atoms with van der Waals surface area (Å²) in [5, 5.41) is 11.9. The van der Waals surface area contributed by atoms with Crippen molar-refractivity contribution in [3.8, 4) is 5.75 Å². The minimum Gasteiger partial charge on any atom is -0.489 e. The van der Waals surface area contributed by atoms with E-state index < -0.39 is 17.5 Å². The molecule has 2 unspecified atom stereocenters. The second kappa shape index (κ2) is 10.1. The monoisotopic (exact) mass is 404 g/mol.